The Hall–Kier alpha value is -1.09. The summed E-state index contributed by atoms with van der Waals surface area (Å²) in [6, 6.07) is 5.51. The fourth-order valence-electron chi connectivity index (χ4n) is 1.98. The number of hydrogen-bond donors (Lipinski definition) is 1. The van der Waals surface area contributed by atoms with Gasteiger partial charge in [0.1, 0.15) is 5.82 Å². The molecule has 0 fully saturated rings. The number of hydrogen-bond acceptors (Lipinski definition) is 2. The molecule has 3 heteroatoms. The van der Waals surface area contributed by atoms with Gasteiger partial charge in [-0.25, -0.2) is 4.39 Å². The van der Waals surface area contributed by atoms with E-state index in [1.54, 1.807) is 6.07 Å². The lowest BCUT2D eigenvalue weighted by Gasteiger charge is -2.30. The lowest BCUT2D eigenvalue weighted by molar-refractivity contribution is 0.581. The molecule has 0 aliphatic heterocycles. The van der Waals surface area contributed by atoms with Crippen LogP contribution in [0.4, 0.5) is 10.1 Å². The maximum atomic E-state index is 14.0. The van der Waals surface area contributed by atoms with Crippen LogP contribution in [0, 0.1) is 5.82 Å². The second-order valence-corrected chi connectivity index (χ2v) is 4.54. The second-order valence-electron chi connectivity index (χ2n) is 4.54. The number of anilines is 1. The SMILES string of the molecule is CCC(C)N(CC)c1ccc([C@@H](C)N)cc1F. The van der Waals surface area contributed by atoms with Crippen LogP contribution in [-0.2, 0) is 0 Å². The molecule has 1 aromatic carbocycles. The summed E-state index contributed by atoms with van der Waals surface area (Å²) in [4.78, 5) is 2.08. The van der Waals surface area contributed by atoms with Crippen molar-refractivity contribution in [1.82, 2.24) is 0 Å². The van der Waals surface area contributed by atoms with E-state index in [-0.39, 0.29) is 11.9 Å². The Bertz CT molecular complexity index is 363. The van der Waals surface area contributed by atoms with Gasteiger partial charge in [0.25, 0.3) is 0 Å². The van der Waals surface area contributed by atoms with Crippen molar-refractivity contribution in [3.05, 3.63) is 29.6 Å². The Morgan fingerprint density at radius 1 is 1.29 bits per heavy atom. The molecule has 0 aliphatic carbocycles. The van der Waals surface area contributed by atoms with E-state index >= 15 is 0 Å². The second kappa shape index (κ2) is 6.01. The molecule has 0 amide bonds. The monoisotopic (exact) mass is 238 g/mol. The first kappa shape index (κ1) is 14.0. The summed E-state index contributed by atoms with van der Waals surface area (Å²) >= 11 is 0. The Balaban J connectivity index is 3.05. The van der Waals surface area contributed by atoms with Crippen molar-refractivity contribution >= 4 is 5.69 Å². The first-order valence-electron chi connectivity index (χ1n) is 6.32. The highest BCUT2D eigenvalue weighted by atomic mass is 19.1. The van der Waals surface area contributed by atoms with E-state index in [1.165, 1.54) is 0 Å². The van der Waals surface area contributed by atoms with Gasteiger partial charge in [-0.2, -0.15) is 0 Å². The van der Waals surface area contributed by atoms with Gasteiger partial charge in [-0.1, -0.05) is 13.0 Å². The van der Waals surface area contributed by atoms with Crippen LogP contribution in [0.3, 0.4) is 0 Å². The van der Waals surface area contributed by atoms with E-state index in [9.17, 15) is 4.39 Å². The van der Waals surface area contributed by atoms with Crippen LogP contribution in [0.25, 0.3) is 0 Å². The van der Waals surface area contributed by atoms with Gasteiger partial charge in [-0.05, 0) is 44.9 Å². The van der Waals surface area contributed by atoms with Crippen LogP contribution < -0.4 is 10.6 Å². The normalized spacial score (nSPS) is 14.5. The maximum absolute atomic E-state index is 14.0. The molecule has 17 heavy (non-hydrogen) atoms. The zero-order chi connectivity index (χ0) is 13.0. The molecule has 0 heterocycles. The first-order valence-corrected chi connectivity index (χ1v) is 6.32. The lowest BCUT2D eigenvalue weighted by Crippen LogP contribution is -2.33. The lowest BCUT2D eigenvalue weighted by atomic mass is 10.1. The predicted molar refractivity (Wildman–Crippen MR) is 71.8 cm³/mol. The summed E-state index contributed by atoms with van der Waals surface area (Å²) in [7, 11) is 0. The van der Waals surface area contributed by atoms with Gasteiger partial charge in [-0.3, -0.25) is 0 Å². The molecular weight excluding hydrogens is 215 g/mol. The van der Waals surface area contributed by atoms with Gasteiger partial charge in [0.15, 0.2) is 0 Å². The van der Waals surface area contributed by atoms with E-state index in [4.69, 9.17) is 5.73 Å². The highest BCUT2D eigenvalue weighted by Gasteiger charge is 2.15. The van der Waals surface area contributed by atoms with Crippen molar-refractivity contribution < 1.29 is 4.39 Å². The van der Waals surface area contributed by atoms with E-state index in [2.05, 4.69) is 18.7 Å². The average molecular weight is 238 g/mol. The van der Waals surface area contributed by atoms with E-state index in [0.717, 1.165) is 18.5 Å². The molecule has 0 aliphatic rings. The van der Waals surface area contributed by atoms with Crippen LogP contribution in [-0.4, -0.2) is 12.6 Å². The van der Waals surface area contributed by atoms with Crippen LogP contribution in [0.5, 0.6) is 0 Å². The molecule has 2 N–H and O–H groups in total. The van der Waals surface area contributed by atoms with E-state index < -0.39 is 0 Å². The third-order valence-corrected chi connectivity index (χ3v) is 3.27. The van der Waals surface area contributed by atoms with Gasteiger partial charge in [-0.15, -0.1) is 0 Å². The number of rotatable bonds is 5. The fourth-order valence-corrected chi connectivity index (χ4v) is 1.98. The number of benzene rings is 1. The summed E-state index contributed by atoms with van der Waals surface area (Å²) in [5.74, 6) is -0.179. The number of halogens is 1. The summed E-state index contributed by atoms with van der Waals surface area (Å²) in [5, 5.41) is 0. The first-order chi connectivity index (χ1) is 8.01. The molecule has 0 saturated carbocycles. The molecule has 2 atom stereocenters. The largest absolute Gasteiger partial charge is 0.367 e. The van der Waals surface area contributed by atoms with E-state index in [0.29, 0.717) is 11.7 Å². The van der Waals surface area contributed by atoms with Crippen LogP contribution in [0.15, 0.2) is 18.2 Å². The minimum absolute atomic E-state index is 0.128. The minimum atomic E-state index is -0.179. The van der Waals surface area contributed by atoms with Crippen molar-refractivity contribution in [1.29, 1.82) is 0 Å². The minimum Gasteiger partial charge on any atom is -0.367 e. The molecule has 0 radical (unpaired) electrons. The summed E-state index contributed by atoms with van der Waals surface area (Å²) in [5.41, 5.74) is 7.26. The topological polar surface area (TPSA) is 29.3 Å². The Labute approximate surface area is 104 Å². The van der Waals surface area contributed by atoms with Crippen LogP contribution >= 0.6 is 0 Å². The highest BCUT2D eigenvalue weighted by Crippen LogP contribution is 2.25. The zero-order valence-electron chi connectivity index (χ0n) is 11.2. The predicted octanol–water partition coefficient (Wildman–Crippen LogP) is 3.47. The van der Waals surface area contributed by atoms with Crippen molar-refractivity contribution in [2.75, 3.05) is 11.4 Å². The van der Waals surface area contributed by atoms with Crippen molar-refractivity contribution in [2.45, 2.75) is 46.2 Å². The number of nitrogens with two attached hydrogens (primary N) is 1. The third kappa shape index (κ3) is 3.19. The van der Waals surface area contributed by atoms with Crippen molar-refractivity contribution in [2.24, 2.45) is 5.73 Å². The summed E-state index contributed by atoms with van der Waals surface area (Å²) in [6.45, 7) is 8.94. The van der Waals surface area contributed by atoms with Gasteiger partial charge >= 0.3 is 0 Å². The summed E-state index contributed by atoms with van der Waals surface area (Å²) < 4.78 is 14.0. The number of nitrogens with zero attached hydrogens (tertiary/aromatic N) is 1. The van der Waals surface area contributed by atoms with Gasteiger partial charge in [0.2, 0.25) is 0 Å². The van der Waals surface area contributed by atoms with Crippen molar-refractivity contribution in [3.63, 3.8) is 0 Å². The maximum Gasteiger partial charge on any atom is 0.146 e. The molecule has 0 aromatic heterocycles. The molecule has 96 valence electrons. The fraction of sp³-hybridized carbons (Fsp3) is 0.571. The molecule has 0 spiro atoms. The average Bonchev–Trinajstić information content (AvgIpc) is 2.31. The Kier molecular flexibility index (Phi) is 4.94. The van der Waals surface area contributed by atoms with E-state index in [1.807, 2.05) is 26.0 Å². The van der Waals surface area contributed by atoms with Crippen LogP contribution in [0.1, 0.15) is 45.7 Å². The molecule has 0 bridgehead atoms. The van der Waals surface area contributed by atoms with Gasteiger partial charge in [0, 0.05) is 18.6 Å². The highest BCUT2D eigenvalue weighted by molar-refractivity contribution is 5.50. The smallest absolute Gasteiger partial charge is 0.146 e. The molecule has 2 nitrogen and oxygen atoms in total. The van der Waals surface area contributed by atoms with Gasteiger partial charge < -0.3 is 10.6 Å². The molecule has 1 aromatic rings. The molecule has 1 rings (SSSR count). The molecule has 0 saturated heterocycles. The Morgan fingerprint density at radius 3 is 2.35 bits per heavy atom. The quantitative estimate of drug-likeness (QED) is 0.851. The van der Waals surface area contributed by atoms with Crippen molar-refractivity contribution in [3.8, 4) is 0 Å². The molecular formula is C14H23FN2. The van der Waals surface area contributed by atoms with Crippen LogP contribution in [0.2, 0.25) is 0 Å². The third-order valence-electron chi connectivity index (χ3n) is 3.27. The zero-order valence-corrected chi connectivity index (χ0v) is 11.2. The standard InChI is InChI=1S/C14H23FN2/c1-5-10(3)17(6-2)14-8-7-12(11(4)16)9-13(14)15/h7-11H,5-6,16H2,1-4H3/t10?,11-/m1/s1. The Morgan fingerprint density at radius 2 is 1.94 bits per heavy atom. The van der Waals surface area contributed by atoms with Gasteiger partial charge in [0.05, 0.1) is 5.69 Å². The summed E-state index contributed by atoms with van der Waals surface area (Å²) in [6.07, 6.45) is 1.00. The molecule has 1 unspecified atom stereocenters.